The Morgan fingerprint density at radius 2 is 1.69 bits per heavy atom. The third-order valence-electron chi connectivity index (χ3n) is 5.19. The van der Waals surface area contributed by atoms with E-state index in [2.05, 4.69) is 35.5 Å². The van der Waals surface area contributed by atoms with Crippen molar-refractivity contribution in [1.29, 1.82) is 0 Å². The van der Waals surface area contributed by atoms with Gasteiger partial charge >= 0.3 is 12.1 Å². The maximum absolute atomic E-state index is 12.5. The Kier molecular flexibility index (Phi) is 9.87. The number of hydrogen-bond donors (Lipinski definition) is 4. The monoisotopic (exact) mass is 504 g/mol. The zero-order valence-corrected chi connectivity index (χ0v) is 19.7. The molecular formula is C25H27F3N4O4. The number of benzene rings is 2. The molecule has 0 radical (unpaired) electrons. The molecular weight excluding hydrogens is 477 g/mol. The maximum atomic E-state index is 12.5. The highest BCUT2D eigenvalue weighted by Gasteiger charge is 2.38. The zero-order chi connectivity index (χ0) is 26.9. The van der Waals surface area contributed by atoms with Gasteiger partial charge < -0.3 is 26.4 Å². The van der Waals surface area contributed by atoms with Gasteiger partial charge in [0.1, 0.15) is 0 Å². The summed E-state index contributed by atoms with van der Waals surface area (Å²) in [6.45, 7) is 4.13. The van der Waals surface area contributed by atoms with Gasteiger partial charge in [0.25, 0.3) is 5.91 Å². The van der Waals surface area contributed by atoms with E-state index in [1.54, 1.807) is 0 Å². The Hall–Kier alpha value is -4.04. The number of nitrogens with one attached hydrogen (secondary N) is 2. The van der Waals surface area contributed by atoms with Gasteiger partial charge in [0, 0.05) is 29.5 Å². The minimum atomic E-state index is -5.08. The van der Waals surface area contributed by atoms with Crippen molar-refractivity contribution < 1.29 is 32.7 Å². The number of hydrogen-bond acceptors (Lipinski definition) is 5. The molecule has 2 atom stereocenters. The first-order valence-electron chi connectivity index (χ1n) is 11.1. The van der Waals surface area contributed by atoms with E-state index in [1.807, 2.05) is 54.3 Å². The highest BCUT2D eigenvalue weighted by Crippen LogP contribution is 2.39. The number of carbonyl (C=O) groups is 3. The molecule has 0 spiro atoms. The van der Waals surface area contributed by atoms with Gasteiger partial charge in [-0.2, -0.15) is 13.2 Å². The zero-order valence-electron chi connectivity index (χ0n) is 19.7. The summed E-state index contributed by atoms with van der Waals surface area (Å²) < 4.78 is 31.7. The summed E-state index contributed by atoms with van der Waals surface area (Å²) in [4.78, 5) is 34.9. The van der Waals surface area contributed by atoms with Gasteiger partial charge in [0.05, 0.1) is 12.6 Å². The topological polar surface area (TPSA) is 125 Å². The number of carbonyl (C=O) groups excluding carboxylic acids is 2. The molecule has 1 aliphatic rings. The number of amides is 2. The van der Waals surface area contributed by atoms with E-state index in [0.717, 1.165) is 23.4 Å². The van der Waals surface area contributed by atoms with Gasteiger partial charge in [-0.3, -0.25) is 9.59 Å². The SMILES string of the molecule is CCC(=O)N1c2ccccc2[C@H](Nc2ccc(NC(=O)C#CCN)cc2)C[C@@H]1C.O=C(O)C(F)(F)F. The number of halogens is 3. The van der Waals surface area contributed by atoms with Crippen LogP contribution in [0.4, 0.5) is 30.2 Å². The van der Waals surface area contributed by atoms with Crippen molar-refractivity contribution in [3.8, 4) is 11.8 Å². The Morgan fingerprint density at radius 3 is 2.25 bits per heavy atom. The van der Waals surface area contributed by atoms with Crippen molar-refractivity contribution in [3.63, 3.8) is 0 Å². The van der Waals surface area contributed by atoms with Crippen LogP contribution in [0.15, 0.2) is 48.5 Å². The molecule has 0 fully saturated rings. The van der Waals surface area contributed by atoms with Crippen molar-refractivity contribution >= 4 is 34.8 Å². The van der Waals surface area contributed by atoms with E-state index in [9.17, 15) is 22.8 Å². The lowest BCUT2D eigenvalue weighted by Crippen LogP contribution is -2.44. The summed E-state index contributed by atoms with van der Waals surface area (Å²) in [5.74, 6) is 1.96. The Morgan fingerprint density at radius 1 is 1.11 bits per heavy atom. The van der Waals surface area contributed by atoms with Crippen LogP contribution in [0.3, 0.4) is 0 Å². The van der Waals surface area contributed by atoms with Crippen LogP contribution in [0.2, 0.25) is 0 Å². The lowest BCUT2D eigenvalue weighted by Gasteiger charge is -2.40. The highest BCUT2D eigenvalue weighted by molar-refractivity contribution is 6.04. The van der Waals surface area contributed by atoms with E-state index >= 15 is 0 Å². The predicted octanol–water partition coefficient (Wildman–Crippen LogP) is 3.91. The summed E-state index contributed by atoms with van der Waals surface area (Å²) in [5, 5.41) is 13.4. The molecule has 192 valence electrons. The third-order valence-corrected chi connectivity index (χ3v) is 5.19. The lowest BCUT2D eigenvalue weighted by atomic mass is 9.91. The molecule has 0 saturated heterocycles. The predicted molar refractivity (Wildman–Crippen MR) is 130 cm³/mol. The number of alkyl halides is 3. The second kappa shape index (κ2) is 12.6. The molecule has 8 nitrogen and oxygen atoms in total. The number of rotatable bonds is 4. The largest absolute Gasteiger partial charge is 0.490 e. The maximum Gasteiger partial charge on any atom is 0.490 e. The number of carboxylic acids is 1. The standard InChI is InChI=1S/C23H26N4O2.C2HF3O2/c1-3-23(29)27-16(2)15-20(19-7-4-5-8-21(19)27)25-17-10-12-18(13-11-17)26-22(28)9-6-14-24;3-2(4,5)1(6)7/h4-5,7-8,10-13,16,20,25H,3,14-15,24H2,1-2H3,(H,26,28);(H,6,7)/t16-,20+;/m0./s1. The number of fused-ring (bicyclic) bond motifs is 1. The van der Waals surface area contributed by atoms with Gasteiger partial charge in [-0.05, 0) is 55.2 Å². The number of anilines is 3. The van der Waals surface area contributed by atoms with Crippen LogP contribution in [-0.2, 0) is 14.4 Å². The van der Waals surface area contributed by atoms with Crippen LogP contribution in [0.1, 0.15) is 38.3 Å². The molecule has 2 amide bonds. The summed E-state index contributed by atoms with van der Waals surface area (Å²) >= 11 is 0. The van der Waals surface area contributed by atoms with E-state index in [-0.39, 0.29) is 30.4 Å². The van der Waals surface area contributed by atoms with E-state index in [4.69, 9.17) is 15.6 Å². The molecule has 11 heteroatoms. The minimum absolute atomic E-state index is 0.0953. The molecule has 0 unspecified atom stereocenters. The summed E-state index contributed by atoms with van der Waals surface area (Å²) in [6.07, 6.45) is -3.78. The van der Waals surface area contributed by atoms with Crippen LogP contribution in [0, 0.1) is 11.8 Å². The first-order valence-corrected chi connectivity index (χ1v) is 11.1. The van der Waals surface area contributed by atoms with Crippen LogP contribution in [0.5, 0.6) is 0 Å². The summed E-state index contributed by atoms with van der Waals surface area (Å²) in [6, 6.07) is 15.7. The number of nitrogens with two attached hydrogens (primary N) is 1. The summed E-state index contributed by atoms with van der Waals surface area (Å²) in [5.41, 5.74) is 8.97. The Labute approximate surface area is 206 Å². The molecule has 0 aliphatic carbocycles. The second-order valence-corrected chi connectivity index (χ2v) is 7.80. The van der Waals surface area contributed by atoms with Gasteiger partial charge in [0.15, 0.2) is 0 Å². The molecule has 1 aliphatic heterocycles. The van der Waals surface area contributed by atoms with Gasteiger partial charge in [0.2, 0.25) is 5.91 Å². The number of nitrogens with zero attached hydrogens (tertiary/aromatic N) is 1. The molecule has 36 heavy (non-hydrogen) atoms. The Balaban J connectivity index is 0.000000572. The van der Waals surface area contributed by atoms with Crippen molar-refractivity contribution in [3.05, 3.63) is 54.1 Å². The summed E-state index contributed by atoms with van der Waals surface area (Å²) in [7, 11) is 0. The average Bonchev–Trinajstić information content (AvgIpc) is 2.83. The molecule has 2 aromatic carbocycles. The van der Waals surface area contributed by atoms with Crippen LogP contribution < -0.4 is 21.3 Å². The molecule has 0 aromatic heterocycles. The van der Waals surface area contributed by atoms with Gasteiger partial charge in [-0.15, -0.1) is 0 Å². The smallest absolute Gasteiger partial charge is 0.475 e. The fourth-order valence-electron chi connectivity index (χ4n) is 3.64. The molecule has 0 bridgehead atoms. The number of aliphatic carboxylic acids is 1. The Bertz CT molecular complexity index is 1140. The fraction of sp³-hybridized carbons (Fsp3) is 0.320. The van der Waals surface area contributed by atoms with Gasteiger partial charge in [-0.1, -0.05) is 31.0 Å². The molecule has 1 heterocycles. The average molecular weight is 505 g/mol. The fourth-order valence-corrected chi connectivity index (χ4v) is 3.64. The quantitative estimate of drug-likeness (QED) is 0.468. The van der Waals surface area contributed by atoms with Gasteiger partial charge in [-0.25, -0.2) is 4.79 Å². The molecule has 2 aromatic rings. The van der Waals surface area contributed by atoms with Crippen LogP contribution in [-0.4, -0.2) is 41.7 Å². The van der Waals surface area contributed by atoms with Crippen LogP contribution in [0.25, 0.3) is 0 Å². The number of para-hydroxylation sites is 1. The van der Waals surface area contributed by atoms with Crippen LogP contribution >= 0.6 is 0 Å². The first kappa shape index (κ1) is 28.2. The highest BCUT2D eigenvalue weighted by atomic mass is 19.4. The third kappa shape index (κ3) is 7.74. The lowest BCUT2D eigenvalue weighted by molar-refractivity contribution is -0.192. The molecule has 5 N–H and O–H groups in total. The minimum Gasteiger partial charge on any atom is -0.475 e. The number of carboxylic acid groups (broad SMARTS) is 1. The van der Waals surface area contributed by atoms with E-state index in [0.29, 0.717) is 12.1 Å². The molecule has 0 saturated carbocycles. The second-order valence-electron chi connectivity index (χ2n) is 7.80. The van der Waals surface area contributed by atoms with Crippen molar-refractivity contribution in [2.45, 2.75) is 44.9 Å². The normalized spacial score (nSPS) is 16.3. The van der Waals surface area contributed by atoms with Crippen molar-refractivity contribution in [2.75, 3.05) is 22.1 Å². The first-order chi connectivity index (χ1) is 17.0. The van der Waals surface area contributed by atoms with Crippen molar-refractivity contribution in [2.24, 2.45) is 5.73 Å². The van der Waals surface area contributed by atoms with Crippen molar-refractivity contribution in [1.82, 2.24) is 0 Å². The molecule has 3 rings (SSSR count). The van der Waals surface area contributed by atoms with E-state index in [1.165, 1.54) is 0 Å². The van der Waals surface area contributed by atoms with E-state index < -0.39 is 12.1 Å².